The molecular weight excluding hydrogens is 399 g/mol. The molecule has 0 spiro atoms. The van der Waals surface area contributed by atoms with Crippen LogP contribution in [0.3, 0.4) is 0 Å². The average Bonchev–Trinajstić information content (AvgIpc) is 3.30. The molecule has 4 aromatic heterocycles. The number of amides is 1. The van der Waals surface area contributed by atoms with Crippen molar-refractivity contribution in [1.82, 2.24) is 25.3 Å². The van der Waals surface area contributed by atoms with Gasteiger partial charge in [0.15, 0.2) is 11.6 Å². The van der Waals surface area contributed by atoms with Gasteiger partial charge in [0.1, 0.15) is 17.9 Å². The predicted molar refractivity (Wildman–Crippen MR) is 112 cm³/mol. The summed E-state index contributed by atoms with van der Waals surface area (Å²) in [6, 6.07) is 6.65. The summed E-state index contributed by atoms with van der Waals surface area (Å²) in [4.78, 5) is 29.7. The number of rotatable bonds is 4. The Hall–Kier alpha value is -3.72. The standard InChI is InChI=1S/C22H19FN6O2/c23-16-7-15(9-25-11-16)17-2-1-14-10-26-20(8-18(14)27-17)29-21(30)19-12-31-22(28-19)13-3-5-24-6-4-13/h1-2,7-13,24H,3-6H2,(H,26,29,30). The largest absolute Gasteiger partial charge is 0.448 e. The number of oxazole rings is 1. The summed E-state index contributed by atoms with van der Waals surface area (Å²) in [7, 11) is 0. The molecule has 1 aliphatic rings. The van der Waals surface area contributed by atoms with Crippen LogP contribution in [0.2, 0.25) is 0 Å². The Morgan fingerprint density at radius 3 is 2.84 bits per heavy atom. The van der Waals surface area contributed by atoms with E-state index in [4.69, 9.17) is 4.42 Å². The first-order chi connectivity index (χ1) is 15.2. The van der Waals surface area contributed by atoms with E-state index in [1.807, 2.05) is 6.07 Å². The van der Waals surface area contributed by atoms with E-state index in [0.29, 0.717) is 28.5 Å². The Balaban J connectivity index is 1.36. The van der Waals surface area contributed by atoms with E-state index >= 15 is 0 Å². The first-order valence-corrected chi connectivity index (χ1v) is 10.0. The summed E-state index contributed by atoms with van der Waals surface area (Å²) in [5, 5.41) is 6.82. The van der Waals surface area contributed by atoms with E-state index in [0.717, 1.165) is 37.5 Å². The summed E-state index contributed by atoms with van der Waals surface area (Å²) >= 11 is 0. The third-order valence-electron chi connectivity index (χ3n) is 5.26. The normalized spacial score (nSPS) is 14.6. The van der Waals surface area contributed by atoms with Crippen molar-refractivity contribution in [1.29, 1.82) is 0 Å². The van der Waals surface area contributed by atoms with Crippen LogP contribution in [0.5, 0.6) is 0 Å². The highest BCUT2D eigenvalue weighted by molar-refractivity contribution is 6.02. The molecule has 0 aliphatic carbocycles. The van der Waals surface area contributed by atoms with Gasteiger partial charge in [0, 0.05) is 35.3 Å². The summed E-state index contributed by atoms with van der Waals surface area (Å²) < 4.78 is 19.0. The van der Waals surface area contributed by atoms with Gasteiger partial charge in [0.25, 0.3) is 5.91 Å². The monoisotopic (exact) mass is 418 g/mol. The van der Waals surface area contributed by atoms with Crippen molar-refractivity contribution < 1.29 is 13.6 Å². The molecule has 2 N–H and O–H groups in total. The topological polar surface area (TPSA) is 106 Å². The van der Waals surface area contributed by atoms with Gasteiger partial charge >= 0.3 is 0 Å². The first-order valence-electron chi connectivity index (χ1n) is 10.0. The molecule has 0 bridgehead atoms. The third-order valence-corrected chi connectivity index (χ3v) is 5.26. The van der Waals surface area contributed by atoms with Crippen LogP contribution in [-0.2, 0) is 0 Å². The van der Waals surface area contributed by atoms with Crippen LogP contribution in [0, 0.1) is 5.82 Å². The van der Waals surface area contributed by atoms with Gasteiger partial charge in [-0.2, -0.15) is 0 Å². The van der Waals surface area contributed by atoms with E-state index in [1.54, 1.807) is 24.5 Å². The number of nitrogens with zero attached hydrogens (tertiary/aromatic N) is 4. The highest BCUT2D eigenvalue weighted by Crippen LogP contribution is 2.25. The average molecular weight is 418 g/mol. The van der Waals surface area contributed by atoms with E-state index in [-0.39, 0.29) is 11.6 Å². The Labute approximate surface area is 177 Å². The lowest BCUT2D eigenvalue weighted by atomic mass is 9.98. The summed E-state index contributed by atoms with van der Waals surface area (Å²) in [5.41, 5.74) is 1.97. The minimum atomic E-state index is -0.432. The molecule has 1 saturated heterocycles. The Morgan fingerprint density at radius 1 is 1.13 bits per heavy atom. The minimum Gasteiger partial charge on any atom is -0.448 e. The highest BCUT2D eigenvalue weighted by Gasteiger charge is 2.22. The van der Waals surface area contributed by atoms with Gasteiger partial charge in [-0.25, -0.2) is 19.3 Å². The van der Waals surface area contributed by atoms with E-state index in [1.165, 1.54) is 12.3 Å². The molecule has 9 heteroatoms. The number of hydrogen-bond acceptors (Lipinski definition) is 7. The fraction of sp³-hybridized carbons (Fsp3) is 0.227. The molecule has 0 unspecified atom stereocenters. The SMILES string of the molecule is O=C(Nc1cc2nc(-c3cncc(F)c3)ccc2cn1)c1coc(C2CCNCC2)n1. The summed E-state index contributed by atoms with van der Waals surface area (Å²) in [6.07, 6.45) is 7.55. The number of aromatic nitrogens is 4. The molecule has 1 aliphatic heterocycles. The predicted octanol–water partition coefficient (Wildman–Crippen LogP) is 3.54. The second-order valence-electron chi connectivity index (χ2n) is 7.40. The molecule has 1 fully saturated rings. The van der Waals surface area contributed by atoms with Gasteiger partial charge in [-0.3, -0.25) is 9.78 Å². The fourth-order valence-electron chi connectivity index (χ4n) is 3.63. The number of pyridine rings is 3. The minimum absolute atomic E-state index is 0.211. The van der Waals surface area contributed by atoms with Gasteiger partial charge in [-0.05, 0) is 44.1 Å². The maximum absolute atomic E-state index is 13.5. The van der Waals surface area contributed by atoms with Gasteiger partial charge in [0.05, 0.1) is 17.4 Å². The molecule has 0 atom stereocenters. The maximum atomic E-state index is 13.5. The van der Waals surface area contributed by atoms with Gasteiger partial charge in [-0.1, -0.05) is 0 Å². The molecule has 0 aromatic carbocycles. The molecular formula is C22H19FN6O2. The second-order valence-corrected chi connectivity index (χ2v) is 7.40. The molecule has 31 heavy (non-hydrogen) atoms. The van der Waals surface area contributed by atoms with Crippen molar-refractivity contribution in [2.24, 2.45) is 0 Å². The smallest absolute Gasteiger partial charge is 0.278 e. The molecule has 0 saturated carbocycles. The summed E-state index contributed by atoms with van der Waals surface area (Å²) in [5.74, 6) is 0.320. The number of carbonyl (C=O) groups is 1. The zero-order valence-corrected chi connectivity index (χ0v) is 16.5. The van der Waals surface area contributed by atoms with Crippen LogP contribution in [-0.4, -0.2) is 38.9 Å². The van der Waals surface area contributed by atoms with Crippen molar-refractivity contribution in [2.45, 2.75) is 18.8 Å². The van der Waals surface area contributed by atoms with Crippen molar-refractivity contribution in [3.63, 3.8) is 0 Å². The first kappa shape index (κ1) is 19.3. The molecule has 0 radical (unpaired) electrons. The van der Waals surface area contributed by atoms with Crippen molar-refractivity contribution in [2.75, 3.05) is 18.4 Å². The second kappa shape index (κ2) is 8.19. The number of carbonyl (C=O) groups excluding carboxylic acids is 1. The molecule has 8 nitrogen and oxygen atoms in total. The van der Waals surface area contributed by atoms with Crippen LogP contribution >= 0.6 is 0 Å². The molecule has 5 rings (SSSR count). The van der Waals surface area contributed by atoms with Crippen molar-refractivity contribution in [3.8, 4) is 11.3 Å². The Kier molecular flexibility index (Phi) is 5.09. The Bertz CT molecular complexity index is 1250. The quantitative estimate of drug-likeness (QED) is 0.522. The summed E-state index contributed by atoms with van der Waals surface area (Å²) in [6.45, 7) is 1.83. The van der Waals surface area contributed by atoms with E-state index in [9.17, 15) is 9.18 Å². The zero-order valence-electron chi connectivity index (χ0n) is 16.5. The number of halogens is 1. The van der Waals surface area contributed by atoms with Gasteiger partial charge < -0.3 is 15.1 Å². The molecule has 156 valence electrons. The number of nitrogens with one attached hydrogen (secondary N) is 2. The molecule has 5 heterocycles. The van der Waals surface area contributed by atoms with E-state index in [2.05, 4.69) is 30.6 Å². The molecule has 4 aromatic rings. The van der Waals surface area contributed by atoms with Crippen molar-refractivity contribution >= 4 is 22.6 Å². The lowest BCUT2D eigenvalue weighted by molar-refractivity contribution is 0.102. The van der Waals surface area contributed by atoms with Crippen LogP contribution in [0.1, 0.15) is 35.1 Å². The highest BCUT2D eigenvalue weighted by atomic mass is 19.1. The van der Waals surface area contributed by atoms with Crippen LogP contribution in [0.4, 0.5) is 10.2 Å². The number of fused-ring (bicyclic) bond motifs is 1. The van der Waals surface area contributed by atoms with E-state index < -0.39 is 11.7 Å². The Morgan fingerprint density at radius 2 is 2.00 bits per heavy atom. The van der Waals surface area contributed by atoms with Crippen LogP contribution in [0.15, 0.2) is 53.5 Å². The lowest BCUT2D eigenvalue weighted by Gasteiger charge is -2.19. The number of piperidine rings is 1. The van der Waals surface area contributed by atoms with Crippen LogP contribution in [0.25, 0.3) is 22.2 Å². The van der Waals surface area contributed by atoms with Gasteiger partial charge in [-0.15, -0.1) is 0 Å². The van der Waals surface area contributed by atoms with Crippen LogP contribution < -0.4 is 10.6 Å². The lowest BCUT2D eigenvalue weighted by Crippen LogP contribution is -2.26. The number of anilines is 1. The third kappa shape index (κ3) is 4.13. The van der Waals surface area contributed by atoms with Gasteiger partial charge in [0.2, 0.25) is 0 Å². The maximum Gasteiger partial charge on any atom is 0.278 e. The fourth-order valence-corrected chi connectivity index (χ4v) is 3.63. The zero-order chi connectivity index (χ0) is 21.2. The number of hydrogen-bond donors (Lipinski definition) is 2. The molecule has 1 amide bonds. The van der Waals surface area contributed by atoms with Crippen molar-refractivity contribution in [3.05, 3.63) is 66.5 Å².